The van der Waals surface area contributed by atoms with Gasteiger partial charge in [0.2, 0.25) is 0 Å². The molecular formula is C28H38O5. The number of hydrogen-bond acceptors (Lipinski definition) is 5. The van der Waals surface area contributed by atoms with Crippen LogP contribution >= 0.6 is 0 Å². The second kappa shape index (κ2) is 16.2. The molecule has 0 bridgehead atoms. The predicted octanol–water partition coefficient (Wildman–Crippen LogP) is 5.41. The molecule has 5 nitrogen and oxygen atoms in total. The van der Waals surface area contributed by atoms with E-state index in [1.807, 2.05) is 31.2 Å². The lowest BCUT2D eigenvalue weighted by atomic mass is 9.92. The van der Waals surface area contributed by atoms with Crippen molar-refractivity contribution in [1.82, 2.24) is 0 Å². The molecule has 0 saturated carbocycles. The van der Waals surface area contributed by atoms with Gasteiger partial charge in [-0.25, -0.2) is 0 Å². The summed E-state index contributed by atoms with van der Waals surface area (Å²) < 4.78 is 29.3. The summed E-state index contributed by atoms with van der Waals surface area (Å²) in [5.74, 6) is 1.06. The SMILES string of the molecule is C=CCOCC(COc1ccccc1C(C)c1ccccc1)OCC(COCC=C)OCC. The molecule has 0 aliphatic heterocycles. The van der Waals surface area contributed by atoms with Crippen LogP contribution in [0.4, 0.5) is 0 Å². The van der Waals surface area contributed by atoms with Gasteiger partial charge in [-0.2, -0.15) is 0 Å². The summed E-state index contributed by atoms with van der Waals surface area (Å²) in [7, 11) is 0. The van der Waals surface area contributed by atoms with Gasteiger partial charge in [0.05, 0.1) is 33.0 Å². The number of ether oxygens (including phenoxy) is 5. The predicted molar refractivity (Wildman–Crippen MR) is 133 cm³/mol. The Balaban J connectivity index is 2.02. The molecule has 0 aliphatic carbocycles. The van der Waals surface area contributed by atoms with Gasteiger partial charge >= 0.3 is 0 Å². The van der Waals surface area contributed by atoms with Gasteiger partial charge in [-0.15, -0.1) is 13.2 Å². The zero-order chi connectivity index (χ0) is 23.7. The van der Waals surface area contributed by atoms with Crippen LogP contribution in [-0.2, 0) is 18.9 Å². The van der Waals surface area contributed by atoms with Crippen molar-refractivity contribution in [3.63, 3.8) is 0 Å². The van der Waals surface area contributed by atoms with Crippen molar-refractivity contribution >= 4 is 0 Å². The standard InChI is InChI=1S/C28H38O5/c1-5-17-29-19-25(31-7-3)21-32-26(20-30-18-6-2)22-33-28-16-12-11-15-27(28)23(4)24-13-9-8-10-14-24/h5-6,8-16,23,25-26H,1-2,7,17-22H2,3-4H3. The molecule has 180 valence electrons. The molecule has 3 unspecified atom stereocenters. The summed E-state index contributed by atoms with van der Waals surface area (Å²) in [6, 6.07) is 18.6. The van der Waals surface area contributed by atoms with Gasteiger partial charge < -0.3 is 23.7 Å². The summed E-state index contributed by atoms with van der Waals surface area (Å²) >= 11 is 0. The summed E-state index contributed by atoms with van der Waals surface area (Å²) in [4.78, 5) is 0. The van der Waals surface area contributed by atoms with E-state index in [1.165, 1.54) is 5.56 Å². The quantitative estimate of drug-likeness (QED) is 0.223. The van der Waals surface area contributed by atoms with Gasteiger partial charge in [-0.3, -0.25) is 0 Å². The molecule has 0 saturated heterocycles. The van der Waals surface area contributed by atoms with Crippen molar-refractivity contribution < 1.29 is 23.7 Å². The fourth-order valence-corrected chi connectivity index (χ4v) is 3.41. The normalized spacial score (nSPS) is 13.8. The van der Waals surface area contributed by atoms with E-state index >= 15 is 0 Å². The van der Waals surface area contributed by atoms with E-state index in [4.69, 9.17) is 23.7 Å². The first kappa shape index (κ1) is 26.8. The molecule has 0 amide bonds. The maximum Gasteiger partial charge on any atom is 0.123 e. The third-order valence-electron chi connectivity index (χ3n) is 5.11. The second-order valence-corrected chi connectivity index (χ2v) is 7.67. The highest BCUT2D eigenvalue weighted by molar-refractivity contribution is 5.41. The Morgan fingerprint density at radius 3 is 2.00 bits per heavy atom. The molecule has 33 heavy (non-hydrogen) atoms. The Morgan fingerprint density at radius 2 is 1.36 bits per heavy atom. The Hall–Kier alpha value is -2.44. The van der Waals surface area contributed by atoms with Crippen molar-refractivity contribution in [3.8, 4) is 5.75 Å². The van der Waals surface area contributed by atoms with Gasteiger partial charge in [0.1, 0.15) is 24.6 Å². The number of rotatable bonds is 18. The first-order valence-corrected chi connectivity index (χ1v) is 11.6. The monoisotopic (exact) mass is 454 g/mol. The van der Waals surface area contributed by atoms with Crippen LogP contribution in [0.5, 0.6) is 5.75 Å². The van der Waals surface area contributed by atoms with Crippen LogP contribution in [0.2, 0.25) is 0 Å². The maximum absolute atomic E-state index is 6.25. The topological polar surface area (TPSA) is 46.2 Å². The van der Waals surface area contributed by atoms with E-state index in [2.05, 4.69) is 50.4 Å². The second-order valence-electron chi connectivity index (χ2n) is 7.67. The van der Waals surface area contributed by atoms with Crippen LogP contribution in [0, 0.1) is 0 Å². The van der Waals surface area contributed by atoms with Crippen LogP contribution in [0.3, 0.4) is 0 Å². The maximum atomic E-state index is 6.25. The molecule has 0 radical (unpaired) electrons. The molecule has 0 spiro atoms. The Morgan fingerprint density at radius 1 is 0.758 bits per heavy atom. The lowest BCUT2D eigenvalue weighted by Gasteiger charge is -2.24. The van der Waals surface area contributed by atoms with E-state index in [0.717, 1.165) is 11.3 Å². The van der Waals surface area contributed by atoms with Crippen LogP contribution in [-0.4, -0.2) is 58.5 Å². The summed E-state index contributed by atoms with van der Waals surface area (Å²) in [6.45, 7) is 14.6. The fraction of sp³-hybridized carbons (Fsp3) is 0.429. The van der Waals surface area contributed by atoms with Gasteiger partial charge in [0, 0.05) is 18.1 Å². The minimum Gasteiger partial charge on any atom is -0.490 e. The van der Waals surface area contributed by atoms with E-state index in [9.17, 15) is 0 Å². The van der Waals surface area contributed by atoms with Gasteiger partial charge in [-0.1, -0.05) is 67.6 Å². The molecule has 0 fully saturated rings. The zero-order valence-electron chi connectivity index (χ0n) is 20.0. The Labute approximate surface area is 199 Å². The molecule has 0 aliphatic rings. The Kier molecular flexibility index (Phi) is 13.2. The van der Waals surface area contributed by atoms with Crippen molar-refractivity contribution in [3.05, 3.63) is 91.0 Å². The van der Waals surface area contributed by atoms with Crippen LogP contribution in [0.1, 0.15) is 30.9 Å². The molecule has 2 aromatic carbocycles. The van der Waals surface area contributed by atoms with Crippen molar-refractivity contribution in [2.45, 2.75) is 32.0 Å². The summed E-state index contributed by atoms with van der Waals surface area (Å²) in [5.41, 5.74) is 2.38. The Bertz CT molecular complexity index is 792. The highest BCUT2D eigenvalue weighted by Crippen LogP contribution is 2.31. The van der Waals surface area contributed by atoms with E-state index in [-0.39, 0.29) is 18.1 Å². The largest absolute Gasteiger partial charge is 0.490 e. The molecular weight excluding hydrogens is 416 g/mol. The zero-order valence-corrected chi connectivity index (χ0v) is 20.0. The molecule has 0 N–H and O–H groups in total. The lowest BCUT2D eigenvalue weighted by Crippen LogP contribution is -2.33. The van der Waals surface area contributed by atoms with Gasteiger partial charge in [0.15, 0.2) is 0 Å². The highest BCUT2D eigenvalue weighted by atomic mass is 16.6. The lowest BCUT2D eigenvalue weighted by molar-refractivity contribution is -0.0944. The number of hydrogen-bond donors (Lipinski definition) is 0. The molecule has 2 aromatic rings. The molecule has 5 heteroatoms. The fourth-order valence-electron chi connectivity index (χ4n) is 3.41. The first-order valence-electron chi connectivity index (χ1n) is 11.6. The van der Waals surface area contributed by atoms with Crippen LogP contribution in [0.15, 0.2) is 79.9 Å². The van der Waals surface area contributed by atoms with Crippen molar-refractivity contribution in [2.24, 2.45) is 0 Å². The van der Waals surface area contributed by atoms with Crippen LogP contribution in [0.25, 0.3) is 0 Å². The molecule has 0 heterocycles. The van der Waals surface area contributed by atoms with Crippen molar-refractivity contribution in [1.29, 1.82) is 0 Å². The van der Waals surface area contributed by atoms with Crippen LogP contribution < -0.4 is 4.74 Å². The third-order valence-corrected chi connectivity index (χ3v) is 5.11. The highest BCUT2D eigenvalue weighted by Gasteiger charge is 2.18. The average Bonchev–Trinajstić information content (AvgIpc) is 2.85. The summed E-state index contributed by atoms with van der Waals surface area (Å²) in [5, 5.41) is 0. The van der Waals surface area contributed by atoms with E-state index in [1.54, 1.807) is 12.2 Å². The number of benzene rings is 2. The van der Waals surface area contributed by atoms with Crippen molar-refractivity contribution in [2.75, 3.05) is 46.2 Å². The van der Waals surface area contributed by atoms with Gasteiger partial charge in [-0.05, 0) is 18.6 Å². The molecule has 0 aromatic heterocycles. The van der Waals surface area contributed by atoms with E-state index in [0.29, 0.717) is 46.2 Å². The minimum atomic E-state index is -0.257. The van der Waals surface area contributed by atoms with E-state index < -0.39 is 0 Å². The smallest absolute Gasteiger partial charge is 0.123 e. The molecule has 2 rings (SSSR count). The minimum absolute atomic E-state index is 0.165. The molecule has 3 atom stereocenters. The third kappa shape index (κ3) is 9.93. The summed E-state index contributed by atoms with van der Waals surface area (Å²) in [6.07, 6.45) is 3.02. The first-order chi connectivity index (χ1) is 16.2. The van der Waals surface area contributed by atoms with Gasteiger partial charge in [0.25, 0.3) is 0 Å². The average molecular weight is 455 g/mol. The number of para-hydroxylation sites is 1.